The van der Waals surface area contributed by atoms with Crippen LogP contribution in [0.1, 0.15) is 30.0 Å². The summed E-state index contributed by atoms with van der Waals surface area (Å²) in [7, 11) is -0.244. The fraction of sp³-hybridized carbons (Fsp3) is 0.545. The normalized spacial score (nSPS) is 13.5. The van der Waals surface area contributed by atoms with E-state index in [1.54, 1.807) is 32.5 Å². The van der Waals surface area contributed by atoms with Crippen molar-refractivity contribution in [2.75, 3.05) is 7.05 Å². The quantitative estimate of drug-likeness (QED) is 0.668. The van der Waals surface area contributed by atoms with Gasteiger partial charge in [-0.25, -0.2) is 8.42 Å². The van der Waals surface area contributed by atoms with Crippen molar-refractivity contribution < 1.29 is 8.42 Å². The summed E-state index contributed by atoms with van der Waals surface area (Å²) in [6.45, 7) is 3.90. The number of aryl methyl sites for hydroxylation is 2. The van der Waals surface area contributed by atoms with Gasteiger partial charge in [0.25, 0.3) is 10.0 Å². The molecule has 0 aliphatic rings. The highest BCUT2D eigenvalue weighted by atomic mass is 32.2. The second-order valence-corrected chi connectivity index (χ2v) is 6.43. The van der Waals surface area contributed by atoms with Crippen LogP contribution in [0, 0.1) is 6.92 Å². The molecule has 2 heterocycles. The molecule has 10 heteroatoms. The molecule has 0 amide bonds. The smallest absolute Gasteiger partial charge is 0.260 e. The van der Waals surface area contributed by atoms with E-state index < -0.39 is 16.1 Å². The molecule has 2 aromatic heterocycles. The van der Waals surface area contributed by atoms with Gasteiger partial charge in [-0.2, -0.15) is 9.82 Å². The minimum atomic E-state index is -3.75. The molecule has 0 aliphatic carbocycles. The summed E-state index contributed by atoms with van der Waals surface area (Å²) in [5.41, 5.74) is 1.34. The average Bonchev–Trinajstić information content (AvgIpc) is 2.97. The predicted octanol–water partition coefficient (Wildman–Crippen LogP) is -0.394. The second kappa shape index (κ2) is 5.92. The largest absolute Gasteiger partial charge is 0.319 e. The van der Waals surface area contributed by atoms with E-state index in [1.165, 1.54) is 6.33 Å². The summed E-state index contributed by atoms with van der Waals surface area (Å²) in [5, 5.41) is 17.2. The Morgan fingerprint density at radius 1 is 1.48 bits per heavy atom. The number of sulfonamides is 1. The molecule has 1 unspecified atom stereocenters. The van der Waals surface area contributed by atoms with Crippen molar-refractivity contribution in [1.82, 2.24) is 35.0 Å². The lowest BCUT2D eigenvalue weighted by Crippen LogP contribution is -2.30. The topological polar surface area (TPSA) is 118 Å². The van der Waals surface area contributed by atoms with Gasteiger partial charge < -0.3 is 9.88 Å². The van der Waals surface area contributed by atoms with Crippen molar-refractivity contribution in [3.05, 3.63) is 23.4 Å². The van der Waals surface area contributed by atoms with E-state index in [0.717, 1.165) is 5.69 Å². The van der Waals surface area contributed by atoms with Crippen LogP contribution < -0.4 is 10.0 Å². The van der Waals surface area contributed by atoms with Crippen molar-refractivity contribution in [2.24, 2.45) is 7.05 Å². The molecule has 0 fully saturated rings. The minimum absolute atomic E-state index is 0.00312. The maximum Gasteiger partial charge on any atom is 0.260 e. The van der Waals surface area contributed by atoms with E-state index in [4.69, 9.17) is 0 Å². The summed E-state index contributed by atoms with van der Waals surface area (Å²) < 4.78 is 29.2. The first kappa shape index (κ1) is 15.6. The van der Waals surface area contributed by atoms with E-state index in [0.29, 0.717) is 17.9 Å². The maximum absolute atomic E-state index is 12.5. The van der Waals surface area contributed by atoms with Gasteiger partial charge in [0, 0.05) is 24.8 Å². The first-order chi connectivity index (χ1) is 9.86. The highest BCUT2D eigenvalue weighted by molar-refractivity contribution is 7.89. The molecule has 0 spiro atoms. The van der Waals surface area contributed by atoms with Crippen molar-refractivity contribution in [3.63, 3.8) is 0 Å². The lowest BCUT2D eigenvalue weighted by Gasteiger charge is -2.13. The Bertz CT molecular complexity index is 719. The molecule has 0 bridgehead atoms. The number of nitrogens with zero attached hydrogens (tertiary/aromatic N) is 4. The number of H-pyrrole nitrogens is 1. The van der Waals surface area contributed by atoms with Crippen LogP contribution in [-0.4, -0.2) is 40.4 Å². The van der Waals surface area contributed by atoms with Crippen molar-refractivity contribution in [1.29, 1.82) is 0 Å². The molecule has 2 rings (SSSR count). The summed E-state index contributed by atoms with van der Waals surface area (Å²) in [5.74, 6) is 0.529. The van der Waals surface area contributed by atoms with Crippen LogP contribution in [0.4, 0.5) is 0 Å². The summed E-state index contributed by atoms with van der Waals surface area (Å²) in [6.07, 6.45) is 1.52. The van der Waals surface area contributed by atoms with Crippen LogP contribution >= 0.6 is 0 Å². The van der Waals surface area contributed by atoms with E-state index in [-0.39, 0.29) is 5.03 Å². The standard InChI is InChI=1S/C11H19N7O2S/c1-7-9(5-12-3)11(16-14-7)21(19,20)17-8(2)10-15-13-6-18(10)4/h6,8,12,17H,5H2,1-4H3,(H,14,16). The lowest BCUT2D eigenvalue weighted by molar-refractivity contribution is 0.548. The number of hydrogen-bond donors (Lipinski definition) is 3. The van der Waals surface area contributed by atoms with Gasteiger partial charge in [-0.15, -0.1) is 10.2 Å². The third kappa shape index (κ3) is 3.12. The van der Waals surface area contributed by atoms with Gasteiger partial charge in [-0.3, -0.25) is 5.10 Å². The van der Waals surface area contributed by atoms with Crippen LogP contribution in [0.25, 0.3) is 0 Å². The van der Waals surface area contributed by atoms with Crippen LogP contribution in [-0.2, 0) is 23.6 Å². The Morgan fingerprint density at radius 3 is 2.76 bits per heavy atom. The predicted molar refractivity (Wildman–Crippen MR) is 75.8 cm³/mol. The molecule has 9 nitrogen and oxygen atoms in total. The molecule has 0 saturated carbocycles. The molecule has 0 saturated heterocycles. The van der Waals surface area contributed by atoms with Gasteiger partial charge >= 0.3 is 0 Å². The van der Waals surface area contributed by atoms with E-state index in [2.05, 4.69) is 30.4 Å². The second-order valence-electron chi connectivity index (χ2n) is 4.81. The Balaban J connectivity index is 2.29. The number of nitrogens with one attached hydrogen (secondary N) is 3. The number of aromatic nitrogens is 5. The summed E-state index contributed by atoms with van der Waals surface area (Å²) in [6, 6.07) is -0.512. The van der Waals surface area contributed by atoms with Gasteiger partial charge in [0.1, 0.15) is 12.2 Å². The van der Waals surface area contributed by atoms with Crippen molar-refractivity contribution in [2.45, 2.75) is 31.5 Å². The molecule has 3 N–H and O–H groups in total. The summed E-state index contributed by atoms with van der Waals surface area (Å²) >= 11 is 0. The molecular weight excluding hydrogens is 294 g/mol. The zero-order valence-corrected chi connectivity index (χ0v) is 13.2. The highest BCUT2D eigenvalue weighted by Gasteiger charge is 2.26. The van der Waals surface area contributed by atoms with Gasteiger partial charge in [0.05, 0.1) is 6.04 Å². The Labute approximate surface area is 123 Å². The average molecular weight is 313 g/mol. The molecular formula is C11H19N7O2S. The lowest BCUT2D eigenvalue weighted by atomic mass is 10.3. The maximum atomic E-state index is 12.5. The van der Waals surface area contributed by atoms with Gasteiger partial charge in [-0.05, 0) is 20.9 Å². The van der Waals surface area contributed by atoms with Crippen molar-refractivity contribution >= 4 is 10.0 Å². The first-order valence-electron chi connectivity index (χ1n) is 6.41. The third-order valence-corrected chi connectivity index (χ3v) is 4.62. The van der Waals surface area contributed by atoms with Crippen LogP contribution in [0.3, 0.4) is 0 Å². The zero-order chi connectivity index (χ0) is 15.6. The molecule has 0 radical (unpaired) electrons. The van der Waals surface area contributed by atoms with E-state index in [9.17, 15) is 8.42 Å². The minimum Gasteiger partial charge on any atom is -0.319 e. The highest BCUT2D eigenvalue weighted by Crippen LogP contribution is 2.18. The Kier molecular flexibility index (Phi) is 4.40. The number of hydrogen-bond acceptors (Lipinski definition) is 6. The number of rotatable bonds is 6. The Morgan fingerprint density at radius 2 is 2.19 bits per heavy atom. The fourth-order valence-electron chi connectivity index (χ4n) is 2.06. The first-order valence-corrected chi connectivity index (χ1v) is 7.89. The van der Waals surface area contributed by atoms with Crippen LogP contribution in [0.15, 0.2) is 11.4 Å². The monoisotopic (exact) mass is 313 g/mol. The molecule has 1 atom stereocenters. The molecule has 116 valence electrons. The van der Waals surface area contributed by atoms with Crippen LogP contribution in [0.2, 0.25) is 0 Å². The SMILES string of the molecule is CNCc1c(S(=O)(=O)NC(C)c2nncn2C)n[nH]c1C. The van der Waals surface area contributed by atoms with Gasteiger partial charge in [-0.1, -0.05) is 0 Å². The molecule has 21 heavy (non-hydrogen) atoms. The van der Waals surface area contributed by atoms with E-state index in [1.807, 2.05) is 0 Å². The van der Waals surface area contributed by atoms with E-state index >= 15 is 0 Å². The molecule has 2 aromatic rings. The Hall–Kier alpha value is -1.78. The molecule has 0 aliphatic heterocycles. The number of aromatic amines is 1. The van der Waals surface area contributed by atoms with Crippen LogP contribution in [0.5, 0.6) is 0 Å². The fourth-order valence-corrected chi connectivity index (χ4v) is 3.46. The molecule has 0 aromatic carbocycles. The van der Waals surface area contributed by atoms with Gasteiger partial charge in [0.2, 0.25) is 0 Å². The zero-order valence-electron chi connectivity index (χ0n) is 12.4. The van der Waals surface area contributed by atoms with Crippen molar-refractivity contribution in [3.8, 4) is 0 Å². The summed E-state index contributed by atoms with van der Waals surface area (Å²) in [4.78, 5) is 0. The van der Waals surface area contributed by atoms with Gasteiger partial charge in [0.15, 0.2) is 5.03 Å². The third-order valence-electron chi connectivity index (χ3n) is 3.11.